The number of hydrogen-bond acceptors (Lipinski definition) is 3. The normalized spacial score (nSPS) is 11.4. The van der Waals surface area contributed by atoms with Gasteiger partial charge in [0.05, 0.1) is 0 Å². The minimum absolute atomic E-state index is 0.0187. The van der Waals surface area contributed by atoms with Gasteiger partial charge in [-0.1, -0.05) is 12.1 Å². The molecule has 0 amide bonds. The van der Waals surface area contributed by atoms with Crippen LogP contribution in [0.1, 0.15) is 12.5 Å². The Morgan fingerprint density at radius 2 is 1.93 bits per heavy atom. The van der Waals surface area contributed by atoms with E-state index in [0.29, 0.717) is 5.56 Å². The van der Waals surface area contributed by atoms with E-state index in [1.54, 1.807) is 23.9 Å². The SMILES string of the molecule is CSc1ccc(C(O)=CC(C)=O)cc1. The number of allylic oxidation sites excluding steroid dienone is 1. The Bertz CT molecular complexity index is 352. The molecule has 0 saturated carbocycles. The van der Waals surface area contributed by atoms with Gasteiger partial charge in [0.15, 0.2) is 5.78 Å². The first-order valence-corrected chi connectivity index (χ1v) is 5.41. The number of carbonyl (C=O) groups is 1. The second kappa shape index (κ2) is 4.86. The first-order valence-electron chi connectivity index (χ1n) is 4.19. The summed E-state index contributed by atoms with van der Waals surface area (Å²) in [6.07, 6.45) is 3.20. The lowest BCUT2D eigenvalue weighted by atomic mass is 10.1. The van der Waals surface area contributed by atoms with Crippen LogP contribution in [-0.4, -0.2) is 17.1 Å². The van der Waals surface area contributed by atoms with Crippen molar-refractivity contribution in [2.45, 2.75) is 11.8 Å². The molecule has 2 nitrogen and oxygen atoms in total. The highest BCUT2D eigenvalue weighted by atomic mass is 32.2. The van der Waals surface area contributed by atoms with Crippen molar-refractivity contribution in [3.05, 3.63) is 35.9 Å². The molecule has 0 fully saturated rings. The molecular weight excluding hydrogens is 196 g/mol. The number of aliphatic hydroxyl groups excluding tert-OH is 1. The van der Waals surface area contributed by atoms with Gasteiger partial charge < -0.3 is 5.11 Å². The van der Waals surface area contributed by atoms with Gasteiger partial charge in [-0.15, -0.1) is 11.8 Å². The molecule has 1 N–H and O–H groups in total. The second-order valence-electron chi connectivity index (χ2n) is 2.87. The average Bonchev–Trinajstić information content (AvgIpc) is 2.17. The summed E-state index contributed by atoms with van der Waals surface area (Å²) >= 11 is 1.64. The molecule has 14 heavy (non-hydrogen) atoms. The number of carbonyl (C=O) groups excluding carboxylic acids is 1. The summed E-state index contributed by atoms with van der Waals surface area (Å²) in [7, 11) is 0. The highest BCUT2D eigenvalue weighted by Gasteiger charge is 1.99. The number of ketones is 1. The number of thioether (sulfide) groups is 1. The van der Waals surface area contributed by atoms with Gasteiger partial charge in [-0.05, 0) is 25.3 Å². The summed E-state index contributed by atoms with van der Waals surface area (Å²) < 4.78 is 0. The molecule has 0 spiro atoms. The molecule has 1 aromatic rings. The summed E-state index contributed by atoms with van der Waals surface area (Å²) in [6.45, 7) is 1.41. The third kappa shape index (κ3) is 2.92. The lowest BCUT2D eigenvalue weighted by Crippen LogP contribution is -1.88. The third-order valence-corrected chi connectivity index (χ3v) is 2.47. The molecule has 3 heteroatoms. The predicted octanol–water partition coefficient (Wildman–Crippen LogP) is 2.90. The monoisotopic (exact) mass is 208 g/mol. The number of hydrogen-bond donors (Lipinski definition) is 1. The van der Waals surface area contributed by atoms with Gasteiger partial charge in [0.2, 0.25) is 0 Å². The Kier molecular flexibility index (Phi) is 3.77. The van der Waals surface area contributed by atoms with Crippen molar-refractivity contribution in [3.8, 4) is 0 Å². The smallest absolute Gasteiger partial charge is 0.156 e. The zero-order valence-electron chi connectivity index (χ0n) is 8.15. The lowest BCUT2D eigenvalue weighted by molar-refractivity contribution is -0.112. The van der Waals surface area contributed by atoms with E-state index in [9.17, 15) is 9.90 Å². The van der Waals surface area contributed by atoms with Crippen molar-refractivity contribution < 1.29 is 9.90 Å². The highest BCUT2D eigenvalue weighted by molar-refractivity contribution is 7.98. The van der Waals surface area contributed by atoms with Gasteiger partial charge in [0, 0.05) is 16.5 Å². The number of aliphatic hydroxyl groups is 1. The molecule has 0 aliphatic carbocycles. The zero-order chi connectivity index (χ0) is 10.6. The van der Waals surface area contributed by atoms with Crippen LogP contribution in [0.25, 0.3) is 5.76 Å². The summed E-state index contributed by atoms with van der Waals surface area (Å²) in [5, 5.41) is 9.49. The fraction of sp³-hybridized carbons (Fsp3) is 0.182. The Balaban J connectivity index is 2.92. The van der Waals surface area contributed by atoms with E-state index in [0.717, 1.165) is 4.90 Å². The van der Waals surface area contributed by atoms with Crippen LogP contribution < -0.4 is 0 Å². The second-order valence-corrected chi connectivity index (χ2v) is 3.75. The lowest BCUT2D eigenvalue weighted by Gasteiger charge is -2.00. The van der Waals surface area contributed by atoms with E-state index in [2.05, 4.69) is 0 Å². The maximum absolute atomic E-state index is 10.7. The molecule has 1 rings (SSSR count). The van der Waals surface area contributed by atoms with Crippen molar-refractivity contribution in [2.24, 2.45) is 0 Å². The van der Waals surface area contributed by atoms with Gasteiger partial charge in [0.25, 0.3) is 0 Å². The summed E-state index contributed by atoms with van der Waals surface area (Å²) in [5.41, 5.74) is 0.665. The molecule has 1 aromatic carbocycles. The molecule has 0 radical (unpaired) electrons. The van der Waals surface area contributed by atoms with Crippen molar-refractivity contribution in [2.75, 3.05) is 6.26 Å². The third-order valence-electron chi connectivity index (χ3n) is 1.73. The summed E-state index contributed by atoms with van der Waals surface area (Å²) in [4.78, 5) is 11.8. The largest absolute Gasteiger partial charge is 0.507 e. The molecule has 0 saturated heterocycles. The fourth-order valence-electron chi connectivity index (χ4n) is 1.04. The molecule has 0 bridgehead atoms. The summed E-state index contributed by atoms with van der Waals surface area (Å²) in [5.74, 6) is -0.137. The number of rotatable bonds is 3. The zero-order valence-corrected chi connectivity index (χ0v) is 8.97. The van der Waals surface area contributed by atoms with Crippen LogP contribution in [0.15, 0.2) is 35.2 Å². The average molecular weight is 208 g/mol. The fourth-order valence-corrected chi connectivity index (χ4v) is 1.45. The first kappa shape index (κ1) is 10.9. The Hall–Kier alpha value is -1.22. The van der Waals surface area contributed by atoms with Crippen LogP contribution in [0, 0.1) is 0 Å². The minimum Gasteiger partial charge on any atom is -0.507 e. The van der Waals surface area contributed by atoms with E-state index < -0.39 is 0 Å². The van der Waals surface area contributed by atoms with Crippen LogP contribution in [-0.2, 0) is 4.79 Å². The highest BCUT2D eigenvalue weighted by Crippen LogP contribution is 2.18. The van der Waals surface area contributed by atoms with Crippen molar-refractivity contribution >= 4 is 23.3 Å². The van der Waals surface area contributed by atoms with Crippen molar-refractivity contribution in [1.29, 1.82) is 0 Å². The van der Waals surface area contributed by atoms with Gasteiger partial charge in [-0.3, -0.25) is 4.79 Å². The quantitative estimate of drug-likeness (QED) is 0.471. The van der Waals surface area contributed by atoms with Gasteiger partial charge in [0.1, 0.15) is 5.76 Å². The molecule has 0 unspecified atom stereocenters. The van der Waals surface area contributed by atoms with Crippen molar-refractivity contribution in [1.82, 2.24) is 0 Å². The molecule has 0 aliphatic rings. The maximum Gasteiger partial charge on any atom is 0.156 e. The van der Waals surface area contributed by atoms with Gasteiger partial charge in [-0.2, -0.15) is 0 Å². The van der Waals surface area contributed by atoms with Crippen LogP contribution in [0.3, 0.4) is 0 Å². The maximum atomic E-state index is 10.7. The topological polar surface area (TPSA) is 37.3 Å². The first-order chi connectivity index (χ1) is 6.63. The van der Waals surface area contributed by atoms with Crippen LogP contribution in [0.4, 0.5) is 0 Å². The summed E-state index contributed by atoms with van der Waals surface area (Å²) in [6, 6.07) is 7.40. The molecule has 0 heterocycles. The van der Waals surface area contributed by atoms with Crippen LogP contribution in [0.5, 0.6) is 0 Å². The minimum atomic E-state index is -0.156. The van der Waals surface area contributed by atoms with E-state index >= 15 is 0 Å². The Labute approximate surface area is 87.6 Å². The standard InChI is InChI=1S/C11H12O2S/c1-8(12)7-11(13)9-3-5-10(14-2)6-4-9/h3-7,13H,1-2H3. The van der Waals surface area contributed by atoms with Crippen LogP contribution >= 0.6 is 11.8 Å². The predicted molar refractivity (Wildman–Crippen MR) is 59.5 cm³/mol. The van der Waals surface area contributed by atoms with E-state index in [-0.39, 0.29) is 11.5 Å². The Morgan fingerprint density at radius 1 is 1.36 bits per heavy atom. The van der Waals surface area contributed by atoms with E-state index in [4.69, 9.17) is 0 Å². The van der Waals surface area contributed by atoms with Gasteiger partial charge >= 0.3 is 0 Å². The van der Waals surface area contributed by atoms with E-state index in [1.807, 2.05) is 18.4 Å². The molecule has 0 aliphatic heterocycles. The molecule has 0 aromatic heterocycles. The number of benzene rings is 1. The molecule has 0 atom stereocenters. The van der Waals surface area contributed by atoms with Gasteiger partial charge in [-0.25, -0.2) is 0 Å². The van der Waals surface area contributed by atoms with Crippen molar-refractivity contribution in [3.63, 3.8) is 0 Å². The Morgan fingerprint density at radius 3 is 2.36 bits per heavy atom. The van der Waals surface area contributed by atoms with Crippen LogP contribution in [0.2, 0.25) is 0 Å². The van der Waals surface area contributed by atoms with E-state index in [1.165, 1.54) is 13.0 Å². The molecule has 74 valence electrons. The molecular formula is C11H12O2S.